The Morgan fingerprint density at radius 1 is 1.30 bits per heavy atom. The molecule has 0 unspecified atom stereocenters. The Balaban J connectivity index is 2.64. The van der Waals surface area contributed by atoms with Gasteiger partial charge in [0.25, 0.3) is 0 Å². The van der Waals surface area contributed by atoms with Crippen LogP contribution >= 0.6 is 39.1 Å². The fourth-order valence-corrected chi connectivity index (χ4v) is 3.13. The summed E-state index contributed by atoms with van der Waals surface area (Å²) >= 11 is 15.4. The zero-order valence-corrected chi connectivity index (χ0v) is 14.7. The first-order chi connectivity index (χ1) is 9.25. The van der Waals surface area contributed by atoms with E-state index in [4.69, 9.17) is 28.9 Å². The van der Waals surface area contributed by atoms with Gasteiger partial charge < -0.3 is 11.1 Å². The van der Waals surface area contributed by atoms with Gasteiger partial charge in [0, 0.05) is 10.9 Å². The fourth-order valence-electron chi connectivity index (χ4n) is 1.83. The number of hydrogen-bond acceptors (Lipinski definition) is 2. The van der Waals surface area contributed by atoms with Gasteiger partial charge in [-0.1, -0.05) is 53.0 Å². The van der Waals surface area contributed by atoms with Crippen LogP contribution in [0.2, 0.25) is 10.0 Å². The van der Waals surface area contributed by atoms with Crippen molar-refractivity contribution in [3.63, 3.8) is 0 Å². The van der Waals surface area contributed by atoms with Crippen molar-refractivity contribution in [1.82, 2.24) is 0 Å². The van der Waals surface area contributed by atoms with E-state index in [1.54, 1.807) is 12.1 Å². The number of nitrogens with two attached hydrogens (primary N) is 1. The Morgan fingerprint density at radius 2 is 1.85 bits per heavy atom. The Bertz CT molecular complexity index is 469. The number of carbonyl (C=O) groups is 1. The van der Waals surface area contributed by atoms with E-state index in [-0.39, 0.29) is 11.3 Å². The molecule has 0 heterocycles. The summed E-state index contributed by atoms with van der Waals surface area (Å²) in [6.45, 7) is 4.83. The lowest BCUT2D eigenvalue weighted by Crippen LogP contribution is -2.20. The molecule has 0 atom stereocenters. The zero-order chi connectivity index (χ0) is 15.3. The SMILES string of the molecule is CC(C)(CCN)CCC(=O)Nc1c(Cl)cc(Br)cc1Cl. The second kappa shape index (κ2) is 7.64. The van der Waals surface area contributed by atoms with Crippen LogP contribution in [0.1, 0.15) is 33.1 Å². The summed E-state index contributed by atoms with van der Waals surface area (Å²) in [6.07, 6.45) is 2.07. The molecule has 20 heavy (non-hydrogen) atoms. The highest BCUT2D eigenvalue weighted by atomic mass is 79.9. The van der Waals surface area contributed by atoms with Crippen LogP contribution in [-0.4, -0.2) is 12.5 Å². The Morgan fingerprint density at radius 3 is 2.35 bits per heavy atom. The minimum absolute atomic E-state index is 0.0550. The topological polar surface area (TPSA) is 55.1 Å². The van der Waals surface area contributed by atoms with Crippen LogP contribution in [0.25, 0.3) is 0 Å². The Labute approximate surface area is 138 Å². The lowest BCUT2D eigenvalue weighted by molar-refractivity contribution is -0.116. The number of halogens is 3. The third-order valence-electron chi connectivity index (χ3n) is 3.12. The third-order valence-corrected chi connectivity index (χ3v) is 4.18. The van der Waals surface area contributed by atoms with Crippen molar-refractivity contribution in [1.29, 1.82) is 0 Å². The molecule has 1 rings (SSSR count). The van der Waals surface area contributed by atoms with Crippen LogP contribution in [-0.2, 0) is 4.79 Å². The van der Waals surface area contributed by atoms with Crippen molar-refractivity contribution in [2.75, 3.05) is 11.9 Å². The molecule has 0 saturated carbocycles. The van der Waals surface area contributed by atoms with Gasteiger partial charge in [0.15, 0.2) is 0 Å². The summed E-state index contributed by atoms with van der Waals surface area (Å²) in [5.41, 5.74) is 6.07. The molecular weight excluding hydrogens is 363 g/mol. The summed E-state index contributed by atoms with van der Waals surface area (Å²) in [4.78, 5) is 12.0. The highest BCUT2D eigenvalue weighted by Gasteiger charge is 2.19. The van der Waals surface area contributed by atoms with Gasteiger partial charge in [-0.3, -0.25) is 4.79 Å². The van der Waals surface area contributed by atoms with Crippen LogP contribution < -0.4 is 11.1 Å². The minimum Gasteiger partial charge on any atom is -0.330 e. The molecule has 0 bridgehead atoms. The molecule has 1 amide bonds. The van der Waals surface area contributed by atoms with Crippen molar-refractivity contribution in [3.8, 4) is 0 Å². The van der Waals surface area contributed by atoms with E-state index in [2.05, 4.69) is 35.1 Å². The van der Waals surface area contributed by atoms with E-state index in [0.717, 1.165) is 17.3 Å². The van der Waals surface area contributed by atoms with E-state index < -0.39 is 0 Å². The number of nitrogens with one attached hydrogen (secondary N) is 1. The summed E-state index contributed by atoms with van der Waals surface area (Å²) in [5, 5.41) is 3.60. The standard InChI is InChI=1S/C14H19BrCl2N2O/c1-14(2,5-6-18)4-3-12(20)19-13-10(16)7-9(15)8-11(13)17/h7-8H,3-6,18H2,1-2H3,(H,19,20). The van der Waals surface area contributed by atoms with Crippen molar-refractivity contribution in [2.45, 2.75) is 33.1 Å². The van der Waals surface area contributed by atoms with E-state index in [0.29, 0.717) is 28.7 Å². The van der Waals surface area contributed by atoms with Gasteiger partial charge in [0.1, 0.15) is 0 Å². The summed E-state index contributed by atoms with van der Waals surface area (Å²) < 4.78 is 0.773. The van der Waals surface area contributed by atoms with Gasteiger partial charge in [-0.2, -0.15) is 0 Å². The molecule has 0 aliphatic carbocycles. The first-order valence-electron chi connectivity index (χ1n) is 6.39. The van der Waals surface area contributed by atoms with Crippen molar-refractivity contribution < 1.29 is 4.79 Å². The lowest BCUT2D eigenvalue weighted by Gasteiger charge is -2.23. The van der Waals surface area contributed by atoms with Crippen molar-refractivity contribution >= 4 is 50.7 Å². The number of hydrogen-bond donors (Lipinski definition) is 2. The second-order valence-electron chi connectivity index (χ2n) is 5.50. The molecule has 0 spiro atoms. The fraction of sp³-hybridized carbons (Fsp3) is 0.500. The second-order valence-corrected chi connectivity index (χ2v) is 7.23. The monoisotopic (exact) mass is 380 g/mol. The summed E-state index contributed by atoms with van der Waals surface area (Å²) in [5.74, 6) is -0.0961. The molecule has 0 aromatic heterocycles. The van der Waals surface area contributed by atoms with E-state index in [1.165, 1.54) is 0 Å². The predicted octanol–water partition coefficient (Wildman–Crippen LogP) is 4.85. The molecule has 0 fully saturated rings. The predicted molar refractivity (Wildman–Crippen MR) is 89.5 cm³/mol. The summed E-state index contributed by atoms with van der Waals surface area (Å²) in [6, 6.07) is 3.39. The molecule has 0 aliphatic heterocycles. The molecule has 0 saturated heterocycles. The lowest BCUT2D eigenvalue weighted by atomic mass is 9.84. The maximum Gasteiger partial charge on any atom is 0.224 e. The average molecular weight is 382 g/mol. The molecule has 6 heteroatoms. The van der Waals surface area contributed by atoms with Gasteiger partial charge in [-0.25, -0.2) is 0 Å². The van der Waals surface area contributed by atoms with Crippen molar-refractivity contribution in [3.05, 3.63) is 26.7 Å². The molecule has 0 radical (unpaired) electrons. The number of anilines is 1. The minimum atomic E-state index is -0.0961. The first kappa shape index (κ1) is 17.8. The Hall–Kier alpha value is -0.290. The van der Waals surface area contributed by atoms with E-state index in [1.807, 2.05) is 0 Å². The number of rotatable bonds is 6. The quantitative estimate of drug-likeness (QED) is 0.739. The van der Waals surface area contributed by atoms with E-state index >= 15 is 0 Å². The molecule has 1 aromatic carbocycles. The highest BCUT2D eigenvalue weighted by molar-refractivity contribution is 9.10. The highest BCUT2D eigenvalue weighted by Crippen LogP contribution is 2.34. The zero-order valence-electron chi connectivity index (χ0n) is 11.6. The molecule has 1 aromatic rings. The average Bonchev–Trinajstić information content (AvgIpc) is 2.31. The first-order valence-corrected chi connectivity index (χ1v) is 7.94. The molecular formula is C14H19BrCl2N2O. The number of carbonyl (C=O) groups excluding carboxylic acids is 1. The van der Waals surface area contributed by atoms with Crippen LogP contribution in [0, 0.1) is 5.41 Å². The van der Waals surface area contributed by atoms with Gasteiger partial charge in [0.2, 0.25) is 5.91 Å². The molecule has 3 N–H and O–H groups in total. The van der Waals surface area contributed by atoms with Crippen LogP contribution in [0.15, 0.2) is 16.6 Å². The molecule has 0 aliphatic rings. The third kappa shape index (κ3) is 5.60. The summed E-state index contributed by atoms with van der Waals surface area (Å²) in [7, 11) is 0. The van der Waals surface area contributed by atoms with Crippen LogP contribution in [0.4, 0.5) is 5.69 Å². The Kier molecular flexibility index (Phi) is 6.79. The maximum atomic E-state index is 12.0. The number of benzene rings is 1. The van der Waals surface area contributed by atoms with Crippen molar-refractivity contribution in [2.24, 2.45) is 11.1 Å². The van der Waals surface area contributed by atoms with Gasteiger partial charge in [-0.15, -0.1) is 0 Å². The van der Waals surface area contributed by atoms with Crippen LogP contribution in [0.5, 0.6) is 0 Å². The number of amides is 1. The largest absolute Gasteiger partial charge is 0.330 e. The van der Waals surface area contributed by atoms with E-state index in [9.17, 15) is 4.79 Å². The van der Waals surface area contributed by atoms with Gasteiger partial charge in [0.05, 0.1) is 15.7 Å². The smallest absolute Gasteiger partial charge is 0.224 e. The van der Waals surface area contributed by atoms with Gasteiger partial charge in [-0.05, 0) is 36.9 Å². The van der Waals surface area contributed by atoms with Gasteiger partial charge >= 0.3 is 0 Å². The molecule has 3 nitrogen and oxygen atoms in total. The maximum absolute atomic E-state index is 12.0. The molecule has 112 valence electrons. The normalized spacial score (nSPS) is 11.5. The van der Waals surface area contributed by atoms with Crippen LogP contribution in [0.3, 0.4) is 0 Å².